The average molecular weight is 280 g/mol. The van der Waals surface area contributed by atoms with Gasteiger partial charge in [0.2, 0.25) is 11.8 Å². The summed E-state index contributed by atoms with van der Waals surface area (Å²) >= 11 is 0. The summed E-state index contributed by atoms with van der Waals surface area (Å²) in [5.41, 5.74) is 0. The number of rotatable bonds is 4. The predicted molar refractivity (Wildman–Crippen MR) is 63.2 cm³/mol. The summed E-state index contributed by atoms with van der Waals surface area (Å²) in [5, 5.41) is 4.94. The number of nitrogens with one attached hydrogen (secondary N) is 2. The molecule has 7 heteroatoms. The minimum atomic E-state index is -4.19. The zero-order valence-electron chi connectivity index (χ0n) is 10.8. The van der Waals surface area contributed by atoms with Crippen LogP contribution >= 0.6 is 0 Å². The lowest BCUT2D eigenvalue weighted by molar-refractivity contribution is -0.184. The number of carbonyl (C=O) groups is 2. The zero-order chi connectivity index (χ0) is 14.5. The molecule has 1 rings (SSSR count). The van der Waals surface area contributed by atoms with Gasteiger partial charge in [-0.05, 0) is 19.3 Å². The summed E-state index contributed by atoms with van der Waals surface area (Å²) in [6, 6.07) is -0.452. The molecule has 1 aliphatic carbocycles. The second-order valence-electron chi connectivity index (χ2n) is 4.80. The second kappa shape index (κ2) is 6.77. The molecular formula is C12H19F3N2O2. The molecule has 0 radical (unpaired) electrons. The Hall–Kier alpha value is -1.27. The van der Waals surface area contributed by atoms with Crippen LogP contribution in [0.3, 0.4) is 0 Å². The maximum atomic E-state index is 12.6. The Kier molecular flexibility index (Phi) is 5.62. The molecule has 1 saturated carbocycles. The molecule has 0 aliphatic heterocycles. The van der Waals surface area contributed by atoms with Crippen LogP contribution in [0.4, 0.5) is 13.2 Å². The number of halogens is 3. The molecule has 4 nitrogen and oxygen atoms in total. The van der Waals surface area contributed by atoms with Gasteiger partial charge in [-0.25, -0.2) is 0 Å². The summed E-state index contributed by atoms with van der Waals surface area (Å²) in [6.07, 6.45) is -2.86. The standard InChI is InChI=1S/C12H19F3N2O2/c1-2-10(18)16-7-11(19)17-9-5-3-4-8(6-9)12(13,14)15/h8-9H,2-7H2,1H3,(H,16,18)(H,17,19). The third kappa shape index (κ3) is 5.48. The van der Waals surface area contributed by atoms with Crippen LogP contribution in [-0.4, -0.2) is 30.6 Å². The van der Waals surface area contributed by atoms with E-state index in [-0.39, 0.29) is 31.7 Å². The first kappa shape index (κ1) is 15.8. The molecule has 110 valence electrons. The summed E-state index contributed by atoms with van der Waals surface area (Å²) in [4.78, 5) is 22.4. The van der Waals surface area contributed by atoms with Crippen molar-refractivity contribution in [1.29, 1.82) is 0 Å². The van der Waals surface area contributed by atoms with Crippen LogP contribution in [0.2, 0.25) is 0 Å². The fourth-order valence-corrected chi connectivity index (χ4v) is 2.20. The first-order valence-corrected chi connectivity index (χ1v) is 6.45. The minimum absolute atomic E-state index is 0.0725. The smallest absolute Gasteiger partial charge is 0.352 e. The lowest BCUT2D eigenvalue weighted by atomic mass is 9.85. The van der Waals surface area contributed by atoms with Gasteiger partial charge in [-0.3, -0.25) is 9.59 Å². The van der Waals surface area contributed by atoms with Crippen LogP contribution in [0, 0.1) is 5.92 Å². The molecule has 2 atom stereocenters. The molecule has 0 spiro atoms. The van der Waals surface area contributed by atoms with E-state index in [2.05, 4.69) is 10.6 Å². The first-order valence-electron chi connectivity index (χ1n) is 6.45. The van der Waals surface area contributed by atoms with Crippen molar-refractivity contribution in [3.63, 3.8) is 0 Å². The highest BCUT2D eigenvalue weighted by Crippen LogP contribution is 2.37. The van der Waals surface area contributed by atoms with Crippen molar-refractivity contribution in [3.8, 4) is 0 Å². The zero-order valence-corrected chi connectivity index (χ0v) is 10.8. The number of amides is 2. The third-order valence-electron chi connectivity index (χ3n) is 3.27. The molecule has 0 aromatic heterocycles. The maximum Gasteiger partial charge on any atom is 0.391 e. The molecule has 0 saturated heterocycles. The van der Waals surface area contributed by atoms with Gasteiger partial charge in [-0.2, -0.15) is 13.2 Å². The monoisotopic (exact) mass is 280 g/mol. The average Bonchev–Trinajstić information content (AvgIpc) is 2.35. The van der Waals surface area contributed by atoms with Crippen molar-refractivity contribution in [2.24, 2.45) is 5.92 Å². The second-order valence-corrected chi connectivity index (χ2v) is 4.80. The van der Waals surface area contributed by atoms with Crippen molar-refractivity contribution in [2.45, 2.75) is 51.2 Å². The third-order valence-corrected chi connectivity index (χ3v) is 3.27. The van der Waals surface area contributed by atoms with Gasteiger partial charge in [0.25, 0.3) is 0 Å². The molecule has 2 amide bonds. The van der Waals surface area contributed by atoms with Gasteiger partial charge in [-0.1, -0.05) is 13.3 Å². The molecule has 1 aliphatic rings. The maximum absolute atomic E-state index is 12.6. The van der Waals surface area contributed by atoms with Crippen LogP contribution in [-0.2, 0) is 9.59 Å². The van der Waals surface area contributed by atoms with Gasteiger partial charge < -0.3 is 10.6 Å². The molecule has 0 heterocycles. The number of carbonyl (C=O) groups excluding carboxylic acids is 2. The van der Waals surface area contributed by atoms with Gasteiger partial charge in [0.05, 0.1) is 12.5 Å². The van der Waals surface area contributed by atoms with Crippen LogP contribution in [0.1, 0.15) is 39.0 Å². The quantitative estimate of drug-likeness (QED) is 0.824. The molecule has 0 aromatic rings. The van der Waals surface area contributed by atoms with Crippen molar-refractivity contribution in [1.82, 2.24) is 10.6 Å². The van der Waals surface area contributed by atoms with E-state index in [1.807, 2.05) is 0 Å². The number of hydrogen-bond acceptors (Lipinski definition) is 2. The largest absolute Gasteiger partial charge is 0.391 e. The van der Waals surface area contributed by atoms with E-state index in [0.29, 0.717) is 12.8 Å². The highest BCUT2D eigenvalue weighted by Gasteiger charge is 2.42. The van der Waals surface area contributed by atoms with Crippen molar-refractivity contribution in [3.05, 3.63) is 0 Å². The lowest BCUT2D eigenvalue weighted by Crippen LogP contribution is -2.45. The van der Waals surface area contributed by atoms with Crippen molar-refractivity contribution < 1.29 is 22.8 Å². The molecule has 0 bridgehead atoms. The Morgan fingerprint density at radius 2 is 1.89 bits per heavy atom. The number of alkyl halides is 3. The van der Waals surface area contributed by atoms with Gasteiger partial charge in [-0.15, -0.1) is 0 Å². The minimum Gasteiger partial charge on any atom is -0.352 e. The van der Waals surface area contributed by atoms with Crippen LogP contribution in [0.15, 0.2) is 0 Å². The van der Waals surface area contributed by atoms with Crippen LogP contribution in [0.25, 0.3) is 0 Å². The normalized spacial score (nSPS) is 23.8. The van der Waals surface area contributed by atoms with Gasteiger partial charge in [0.1, 0.15) is 0 Å². The van der Waals surface area contributed by atoms with Gasteiger partial charge >= 0.3 is 6.18 Å². The topological polar surface area (TPSA) is 58.2 Å². The lowest BCUT2D eigenvalue weighted by Gasteiger charge is -2.31. The van der Waals surface area contributed by atoms with Crippen LogP contribution in [0.5, 0.6) is 0 Å². The van der Waals surface area contributed by atoms with Crippen molar-refractivity contribution in [2.75, 3.05) is 6.54 Å². The highest BCUT2D eigenvalue weighted by atomic mass is 19.4. The molecule has 1 fully saturated rings. The Labute approximate surface area is 110 Å². The fraction of sp³-hybridized carbons (Fsp3) is 0.833. The van der Waals surface area contributed by atoms with E-state index in [4.69, 9.17) is 0 Å². The van der Waals surface area contributed by atoms with E-state index in [1.54, 1.807) is 6.92 Å². The summed E-state index contributed by atoms with van der Waals surface area (Å²) in [6.45, 7) is 1.47. The summed E-state index contributed by atoms with van der Waals surface area (Å²) in [5.74, 6) is -2.03. The highest BCUT2D eigenvalue weighted by molar-refractivity contribution is 5.84. The molecule has 2 unspecified atom stereocenters. The van der Waals surface area contributed by atoms with Gasteiger partial charge in [0.15, 0.2) is 0 Å². The molecule has 2 N–H and O–H groups in total. The Morgan fingerprint density at radius 1 is 1.21 bits per heavy atom. The van der Waals surface area contributed by atoms with E-state index in [1.165, 1.54) is 0 Å². The van der Waals surface area contributed by atoms with Crippen molar-refractivity contribution >= 4 is 11.8 Å². The molecule has 0 aromatic carbocycles. The molecule has 19 heavy (non-hydrogen) atoms. The van der Waals surface area contributed by atoms with E-state index >= 15 is 0 Å². The number of hydrogen-bond donors (Lipinski definition) is 2. The fourth-order valence-electron chi connectivity index (χ4n) is 2.20. The van der Waals surface area contributed by atoms with Crippen LogP contribution < -0.4 is 10.6 Å². The predicted octanol–water partition coefficient (Wildman–Crippen LogP) is 1.75. The summed E-state index contributed by atoms with van der Waals surface area (Å²) in [7, 11) is 0. The molecular weight excluding hydrogens is 261 g/mol. The van der Waals surface area contributed by atoms with E-state index < -0.39 is 24.0 Å². The Morgan fingerprint density at radius 3 is 2.47 bits per heavy atom. The first-order chi connectivity index (χ1) is 8.82. The Bertz CT molecular complexity index is 331. The SMILES string of the molecule is CCC(=O)NCC(=O)NC1CCCC(C(F)(F)F)C1. The van der Waals surface area contributed by atoms with Gasteiger partial charge in [0, 0.05) is 12.5 Å². The van der Waals surface area contributed by atoms with E-state index in [0.717, 1.165) is 0 Å². The summed E-state index contributed by atoms with van der Waals surface area (Å²) < 4.78 is 37.7. The van der Waals surface area contributed by atoms with E-state index in [9.17, 15) is 22.8 Å². The Balaban J connectivity index is 2.36.